The number of amides is 2. The lowest BCUT2D eigenvalue weighted by molar-refractivity contribution is -0.139. The Hall–Kier alpha value is -1.47. The van der Waals surface area contributed by atoms with E-state index in [1.165, 1.54) is 28.8 Å². The maximum absolute atomic E-state index is 14.1. The molecule has 0 saturated heterocycles. The first-order valence-electron chi connectivity index (χ1n) is 10.7. The van der Waals surface area contributed by atoms with Crippen molar-refractivity contribution in [3.63, 3.8) is 0 Å². The normalized spacial score (nSPS) is 12.8. The van der Waals surface area contributed by atoms with Gasteiger partial charge in [-0.3, -0.25) is 9.59 Å². The number of benzene rings is 2. The van der Waals surface area contributed by atoms with Crippen LogP contribution in [0.25, 0.3) is 0 Å². The maximum Gasteiger partial charge on any atom is 0.243 e. The first-order valence-corrected chi connectivity index (χ1v) is 13.0. The molecule has 0 fully saturated rings. The van der Waals surface area contributed by atoms with Crippen molar-refractivity contribution in [3.05, 3.63) is 68.4 Å². The lowest BCUT2D eigenvalue weighted by Crippen LogP contribution is -2.51. The third-order valence-electron chi connectivity index (χ3n) is 5.28. The number of thioether (sulfide) groups is 1. The summed E-state index contributed by atoms with van der Waals surface area (Å²) in [4.78, 5) is 27.8. The summed E-state index contributed by atoms with van der Waals surface area (Å²) < 4.78 is 14.1. The lowest BCUT2D eigenvalue weighted by Gasteiger charge is -2.31. The SMILES string of the molecule is CC[C@H](C(=O)N[C@@H](C)CC)N(Cc1ccc(Cl)cc1Cl)C(=O)CSCc1c(F)cccc1Cl. The van der Waals surface area contributed by atoms with Crippen LogP contribution in [-0.4, -0.2) is 34.6 Å². The Kier molecular flexibility index (Phi) is 11.3. The molecular formula is C24H28Cl3FN2O2S. The molecule has 0 aromatic heterocycles. The Bertz CT molecular complexity index is 956. The highest BCUT2D eigenvalue weighted by atomic mass is 35.5. The highest BCUT2D eigenvalue weighted by Gasteiger charge is 2.29. The van der Waals surface area contributed by atoms with Crippen molar-refractivity contribution in [1.29, 1.82) is 0 Å². The van der Waals surface area contributed by atoms with Crippen LogP contribution in [0.4, 0.5) is 4.39 Å². The molecule has 0 radical (unpaired) electrons. The Labute approximate surface area is 214 Å². The van der Waals surface area contributed by atoms with Crippen molar-refractivity contribution in [3.8, 4) is 0 Å². The van der Waals surface area contributed by atoms with E-state index in [1.807, 2.05) is 20.8 Å². The van der Waals surface area contributed by atoms with E-state index in [1.54, 1.807) is 24.3 Å². The molecule has 0 spiro atoms. The van der Waals surface area contributed by atoms with Crippen molar-refractivity contribution >= 4 is 58.4 Å². The quantitative estimate of drug-likeness (QED) is 0.348. The molecule has 0 heterocycles. The summed E-state index contributed by atoms with van der Waals surface area (Å²) in [5.74, 6) is -0.574. The van der Waals surface area contributed by atoms with Crippen LogP contribution in [-0.2, 0) is 21.9 Å². The molecule has 0 aliphatic rings. The van der Waals surface area contributed by atoms with Gasteiger partial charge in [0, 0.05) is 39.0 Å². The number of nitrogens with one attached hydrogen (secondary N) is 1. The van der Waals surface area contributed by atoms with Crippen LogP contribution in [0.2, 0.25) is 15.1 Å². The monoisotopic (exact) mass is 532 g/mol. The van der Waals surface area contributed by atoms with Crippen LogP contribution >= 0.6 is 46.6 Å². The molecule has 1 N–H and O–H groups in total. The van der Waals surface area contributed by atoms with Gasteiger partial charge in [0.25, 0.3) is 0 Å². The molecule has 2 amide bonds. The maximum atomic E-state index is 14.1. The molecule has 0 unspecified atom stereocenters. The first kappa shape index (κ1) is 27.8. The predicted octanol–water partition coefficient (Wildman–Crippen LogP) is 6.74. The van der Waals surface area contributed by atoms with Crippen LogP contribution in [0.1, 0.15) is 44.7 Å². The fourth-order valence-corrected chi connectivity index (χ4v) is 4.90. The average molecular weight is 534 g/mol. The number of halogens is 4. The van der Waals surface area contributed by atoms with Gasteiger partial charge in [0.05, 0.1) is 5.75 Å². The van der Waals surface area contributed by atoms with E-state index in [2.05, 4.69) is 5.32 Å². The average Bonchev–Trinajstić information content (AvgIpc) is 2.76. The molecule has 0 aliphatic carbocycles. The molecule has 0 aliphatic heterocycles. The van der Waals surface area contributed by atoms with Crippen molar-refractivity contribution in [1.82, 2.24) is 10.2 Å². The van der Waals surface area contributed by atoms with Gasteiger partial charge in [0.2, 0.25) is 11.8 Å². The summed E-state index contributed by atoms with van der Waals surface area (Å²) in [7, 11) is 0. The second-order valence-corrected chi connectivity index (χ2v) is 9.93. The van der Waals surface area contributed by atoms with E-state index in [4.69, 9.17) is 34.8 Å². The van der Waals surface area contributed by atoms with Gasteiger partial charge in [-0.2, -0.15) is 0 Å². The second-order valence-electron chi connectivity index (χ2n) is 7.69. The van der Waals surface area contributed by atoms with E-state index >= 15 is 0 Å². The van der Waals surface area contributed by atoms with Crippen molar-refractivity contribution < 1.29 is 14.0 Å². The number of hydrogen-bond donors (Lipinski definition) is 1. The van der Waals surface area contributed by atoms with Crippen molar-refractivity contribution in [2.45, 2.75) is 58.0 Å². The molecule has 2 aromatic carbocycles. The van der Waals surface area contributed by atoms with Gasteiger partial charge >= 0.3 is 0 Å². The minimum Gasteiger partial charge on any atom is -0.352 e. The summed E-state index contributed by atoms with van der Waals surface area (Å²) in [6, 6.07) is 8.86. The van der Waals surface area contributed by atoms with Gasteiger partial charge in [-0.05, 0) is 49.6 Å². The van der Waals surface area contributed by atoms with Crippen LogP contribution in [0.3, 0.4) is 0 Å². The second kappa shape index (κ2) is 13.4. The summed E-state index contributed by atoms with van der Waals surface area (Å²) in [6.45, 7) is 5.91. The molecule has 9 heteroatoms. The Morgan fingerprint density at radius 2 is 1.82 bits per heavy atom. The van der Waals surface area contributed by atoms with Gasteiger partial charge < -0.3 is 10.2 Å². The van der Waals surface area contributed by atoms with Gasteiger partial charge in [-0.15, -0.1) is 11.8 Å². The van der Waals surface area contributed by atoms with E-state index in [0.29, 0.717) is 32.6 Å². The van der Waals surface area contributed by atoms with E-state index in [9.17, 15) is 14.0 Å². The Morgan fingerprint density at radius 3 is 2.42 bits per heavy atom. The van der Waals surface area contributed by atoms with Crippen molar-refractivity contribution in [2.24, 2.45) is 0 Å². The molecule has 2 atom stereocenters. The largest absolute Gasteiger partial charge is 0.352 e. The third kappa shape index (κ3) is 8.06. The number of rotatable bonds is 11. The summed E-state index contributed by atoms with van der Waals surface area (Å²) >= 11 is 19.7. The van der Waals surface area contributed by atoms with E-state index in [-0.39, 0.29) is 35.9 Å². The third-order valence-corrected chi connectivity index (χ3v) is 7.16. The topological polar surface area (TPSA) is 49.4 Å². The Balaban J connectivity index is 2.22. The van der Waals surface area contributed by atoms with E-state index < -0.39 is 11.9 Å². The van der Waals surface area contributed by atoms with Gasteiger partial charge in [-0.25, -0.2) is 4.39 Å². The summed E-state index contributed by atoms with van der Waals surface area (Å²) in [5.41, 5.74) is 1.04. The smallest absolute Gasteiger partial charge is 0.243 e. The van der Waals surface area contributed by atoms with Crippen LogP contribution < -0.4 is 5.32 Å². The number of carbonyl (C=O) groups is 2. The number of carbonyl (C=O) groups excluding carboxylic acids is 2. The van der Waals surface area contributed by atoms with Gasteiger partial charge in [-0.1, -0.05) is 60.8 Å². The highest BCUT2D eigenvalue weighted by molar-refractivity contribution is 7.99. The zero-order valence-corrected chi connectivity index (χ0v) is 21.9. The Morgan fingerprint density at radius 1 is 1.09 bits per heavy atom. The molecule has 2 rings (SSSR count). The molecule has 0 saturated carbocycles. The highest BCUT2D eigenvalue weighted by Crippen LogP contribution is 2.26. The minimum absolute atomic E-state index is 0.0137. The summed E-state index contributed by atoms with van der Waals surface area (Å²) in [5, 5.41) is 4.19. The standard InChI is InChI=1S/C24H28Cl3FN2O2S/c1-4-15(3)29-24(32)22(5-2)30(12-16-9-10-17(25)11-20(16)27)23(31)14-33-13-18-19(26)7-6-8-21(18)28/h6-11,15,22H,4-5,12-14H2,1-3H3,(H,29,32)/t15-,22+/m0/s1. The van der Waals surface area contributed by atoms with Gasteiger partial charge in [0.1, 0.15) is 11.9 Å². The molecule has 2 aromatic rings. The predicted molar refractivity (Wildman–Crippen MR) is 137 cm³/mol. The van der Waals surface area contributed by atoms with Gasteiger partial charge in [0.15, 0.2) is 0 Å². The first-order chi connectivity index (χ1) is 15.7. The molecule has 33 heavy (non-hydrogen) atoms. The fourth-order valence-electron chi connectivity index (χ4n) is 3.19. The van der Waals surface area contributed by atoms with Crippen LogP contribution in [0.15, 0.2) is 36.4 Å². The zero-order valence-electron chi connectivity index (χ0n) is 18.8. The molecule has 4 nitrogen and oxygen atoms in total. The molecule has 180 valence electrons. The van der Waals surface area contributed by atoms with Crippen LogP contribution in [0.5, 0.6) is 0 Å². The summed E-state index contributed by atoms with van der Waals surface area (Å²) in [6.07, 6.45) is 1.21. The van der Waals surface area contributed by atoms with Crippen molar-refractivity contribution in [2.75, 3.05) is 5.75 Å². The van der Waals surface area contributed by atoms with E-state index in [0.717, 1.165) is 6.42 Å². The number of hydrogen-bond acceptors (Lipinski definition) is 3. The fraction of sp³-hybridized carbons (Fsp3) is 0.417. The zero-order chi connectivity index (χ0) is 24.5. The van der Waals surface area contributed by atoms with Crippen LogP contribution in [0, 0.1) is 5.82 Å². The molecule has 0 bridgehead atoms. The molecular weight excluding hydrogens is 506 g/mol. The lowest BCUT2D eigenvalue weighted by atomic mass is 10.1. The minimum atomic E-state index is -0.670. The number of nitrogens with zero attached hydrogens (tertiary/aromatic N) is 1.